The lowest BCUT2D eigenvalue weighted by atomic mass is 10.3. The second-order valence-electron chi connectivity index (χ2n) is 4.30. The predicted octanol–water partition coefficient (Wildman–Crippen LogP) is 4.90. The molecule has 0 bridgehead atoms. The van der Waals surface area contributed by atoms with Gasteiger partial charge in [-0.1, -0.05) is 40.5 Å². The fourth-order valence-corrected chi connectivity index (χ4v) is 2.18. The van der Waals surface area contributed by atoms with Crippen LogP contribution in [-0.4, -0.2) is 11.5 Å². The van der Waals surface area contributed by atoms with Crippen LogP contribution in [0.1, 0.15) is 19.0 Å². The highest BCUT2D eigenvalue weighted by Crippen LogP contribution is 2.21. The summed E-state index contributed by atoms with van der Waals surface area (Å²) in [5.74, 6) is 1.60. The minimum atomic E-state index is 0.344. The number of ether oxygens (including phenoxy) is 1. The van der Waals surface area contributed by atoms with Crippen LogP contribution < -0.4 is 10.1 Å². The maximum atomic E-state index is 6.15. The van der Waals surface area contributed by atoms with Crippen LogP contribution in [0.25, 0.3) is 0 Å². The second-order valence-corrected chi connectivity index (χ2v) is 5.62. The van der Waals surface area contributed by atoms with Gasteiger partial charge in [0.2, 0.25) is 0 Å². The first-order valence-electron chi connectivity index (χ1n) is 6.46. The van der Waals surface area contributed by atoms with E-state index in [1.807, 2.05) is 36.4 Å². The van der Waals surface area contributed by atoms with Crippen molar-refractivity contribution in [3.05, 3.63) is 51.6 Å². The zero-order chi connectivity index (χ0) is 14.4. The molecule has 0 amide bonds. The molecule has 0 unspecified atom stereocenters. The molecule has 0 spiro atoms. The van der Waals surface area contributed by atoms with E-state index in [-0.39, 0.29) is 0 Å². The lowest BCUT2D eigenvalue weighted by Crippen LogP contribution is -2.05. The van der Waals surface area contributed by atoms with Crippen molar-refractivity contribution in [1.82, 2.24) is 4.98 Å². The Labute approximate surface area is 132 Å². The number of rotatable bonds is 6. The Morgan fingerprint density at radius 2 is 2.15 bits per heavy atom. The van der Waals surface area contributed by atoms with Crippen LogP contribution in [0.5, 0.6) is 5.75 Å². The molecule has 1 heterocycles. The van der Waals surface area contributed by atoms with Crippen molar-refractivity contribution >= 4 is 33.3 Å². The molecule has 1 N–H and O–H groups in total. The van der Waals surface area contributed by atoms with Gasteiger partial charge in [0, 0.05) is 11.0 Å². The summed E-state index contributed by atoms with van der Waals surface area (Å²) in [4.78, 5) is 4.47. The van der Waals surface area contributed by atoms with Gasteiger partial charge in [-0.3, -0.25) is 0 Å². The van der Waals surface area contributed by atoms with Gasteiger partial charge < -0.3 is 10.1 Å². The Morgan fingerprint density at radius 3 is 2.90 bits per heavy atom. The van der Waals surface area contributed by atoms with Gasteiger partial charge in [0.25, 0.3) is 0 Å². The van der Waals surface area contributed by atoms with Crippen LogP contribution in [-0.2, 0) is 6.61 Å². The number of nitrogens with one attached hydrogen (secondary N) is 1. The van der Waals surface area contributed by atoms with Crippen molar-refractivity contribution in [2.24, 2.45) is 0 Å². The molecule has 5 heteroatoms. The minimum Gasteiger partial charge on any atom is -0.487 e. The van der Waals surface area contributed by atoms with Crippen molar-refractivity contribution in [1.29, 1.82) is 0 Å². The molecular weight excluding hydrogens is 340 g/mol. The summed E-state index contributed by atoms with van der Waals surface area (Å²) in [7, 11) is 0. The molecule has 0 aliphatic heterocycles. The van der Waals surface area contributed by atoms with Crippen molar-refractivity contribution in [3.8, 4) is 5.75 Å². The predicted molar refractivity (Wildman–Crippen MR) is 86.5 cm³/mol. The molecule has 3 nitrogen and oxygen atoms in total. The maximum Gasteiger partial charge on any atom is 0.132 e. The standard InChI is InChI=1S/C15H16BrClN2O/c1-2-8-18-15-7-6-13(17)14(19-15)10-20-12-5-3-4-11(16)9-12/h3-7,9H,2,8,10H2,1H3,(H,18,19). The summed E-state index contributed by atoms with van der Waals surface area (Å²) >= 11 is 9.56. The highest BCUT2D eigenvalue weighted by molar-refractivity contribution is 9.10. The first-order valence-corrected chi connectivity index (χ1v) is 7.64. The number of anilines is 1. The van der Waals surface area contributed by atoms with Crippen molar-refractivity contribution < 1.29 is 4.74 Å². The number of halogens is 2. The van der Waals surface area contributed by atoms with E-state index in [1.165, 1.54) is 0 Å². The first-order chi connectivity index (χ1) is 9.69. The molecular formula is C15H16BrClN2O. The normalized spacial score (nSPS) is 10.3. The Balaban J connectivity index is 2.04. The molecule has 0 saturated heterocycles. The molecule has 0 saturated carbocycles. The Bertz CT molecular complexity index is 578. The SMILES string of the molecule is CCCNc1ccc(Cl)c(COc2cccc(Br)c2)n1. The Morgan fingerprint density at radius 1 is 1.30 bits per heavy atom. The maximum absolute atomic E-state index is 6.15. The summed E-state index contributed by atoms with van der Waals surface area (Å²) in [5, 5.41) is 3.85. The van der Waals surface area contributed by atoms with Crippen LogP contribution in [0.15, 0.2) is 40.9 Å². The average Bonchev–Trinajstić information content (AvgIpc) is 2.45. The molecule has 2 aromatic rings. The van der Waals surface area contributed by atoms with Gasteiger partial charge in [0.1, 0.15) is 18.2 Å². The fraction of sp³-hybridized carbons (Fsp3) is 0.267. The molecule has 0 fully saturated rings. The highest BCUT2D eigenvalue weighted by atomic mass is 79.9. The van der Waals surface area contributed by atoms with Crippen LogP contribution in [0.4, 0.5) is 5.82 Å². The third kappa shape index (κ3) is 4.39. The Kier molecular flexibility index (Phi) is 5.68. The molecule has 0 aliphatic rings. The van der Waals surface area contributed by atoms with Crippen molar-refractivity contribution in [2.45, 2.75) is 20.0 Å². The average molecular weight is 356 g/mol. The first kappa shape index (κ1) is 15.1. The molecule has 106 valence electrons. The van der Waals surface area contributed by atoms with E-state index in [0.29, 0.717) is 11.6 Å². The monoisotopic (exact) mass is 354 g/mol. The van der Waals surface area contributed by atoms with E-state index >= 15 is 0 Å². The molecule has 1 aromatic heterocycles. The van der Waals surface area contributed by atoms with E-state index < -0.39 is 0 Å². The van der Waals surface area contributed by atoms with Crippen molar-refractivity contribution in [3.63, 3.8) is 0 Å². The molecule has 0 aliphatic carbocycles. The van der Waals surface area contributed by atoms with Gasteiger partial charge in [-0.25, -0.2) is 4.98 Å². The second kappa shape index (κ2) is 7.50. The van der Waals surface area contributed by atoms with Crippen molar-refractivity contribution in [2.75, 3.05) is 11.9 Å². The summed E-state index contributed by atoms with van der Waals surface area (Å²) in [6, 6.07) is 11.4. The summed E-state index contributed by atoms with van der Waals surface area (Å²) in [5.41, 5.74) is 0.729. The van der Waals surface area contributed by atoms with E-state index in [0.717, 1.165) is 34.7 Å². The number of pyridine rings is 1. The third-order valence-electron chi connectivity index (χ3n) is 2.65. The minimum absolute atomic E-state index is 0.344. The number of nitrogens with zero attached hydrogens (tertiary/aromatic N) is 1. The molecule has 20 heavy (non-hydrogen) atoms. The molecule has 0 radical (unpaired) electrons. The van der Waals surface area contributed by atoms with Crippen LogP contribution >= 0.6 is 27.5 Å². The number of hydrogen-bond donors (Lipinski definition) is 1. The van der Waals surface area contributed by atoms with Gasteiger partial charge >= 0.3 is 0 Å². The summed E-state index contributed by atoms with van der Waals surface area (Å²) < 4.78 is 6.69. The van der Waals surface area contributed by atoms with Gasteiger partial charge in [-0.2, -0.15) is 0 Å². The Hall–Kier alpha value is -1.26. The lowest BCUT2D eigenvalue weighted by molar-refractivity contribution is 0.301. The summed E-state index contributed by atoms with van der Waals surface area (Å²) in [6.07, 6.45) is 1.05. The summed E-state index contributed by atoms with van der Waals surface area (Å²) in [6.45, 7) is 3.34. The van der Waals surface area contributed by atoms with Gasteiger partial charge in [-0.15, -0.1) is 0 Å². The molecule has 1 aromatic carbocycles. The van der Waals surface area contributed by atoms with E-state index in [2.05, 4.69) is 33.2 Å². The smallest absolute Gasteiger partial charge is 0.132 e. The quantitative estimate of drug-likeness (QED) is 0.800. The lowest BCUT2D eigenvalue weighted by Gasteiger charge is -2.10. The third-order valence-corrected chi connectivity index (χ3v) is 3.48. The topological polar surface area (TPSA) is 34.1 Å². The molecule has 2 rings (SSSR count). The van der Waals surface area contributed by atoms with Gasteiger partial charge in [-0.05, 0) is 36.8 Å². The van der Waals surface area contributed by atoms with E-state index in [9.17, 15) is 0 Å². The van der Waals surface area contributed by atoms with Crippen LogP contribution in [0.3, 0.4) is 0 Å². The van der Waals surface area contributed by atoms with Crippen LogP contribution in [0.2, 0.25) is 5.02 Å². The number of aromatic nitrogens is 1. The van der Waals surface area contributed by atoms with Gasteiger partial charge in [0.15, 0.2) is 0 Å². The number of benzene rings is 1. The fourth-order valence-electron chi connectivity index (χ4n) is 1.65. The highest BCUT2D eigenvalue weighted by Gasteiger charge is 2.05. The van der Waals surface area contributed by atoms with Crippen LogP contribution in [0, 0.1) is 0 Å². The zero-order valence-electron chi connectivity index (χ0n) is 11.2. The van der Waals surface area contributed by atoms with E-state index in [1.54, 1.807) is 0 Å². The van der Waals surface area contributed by atoms with E-state index in [4.69, 9.17) is 16.3 Å². The molecule has 0 atom stereocenters. The number of hydrogen-bond acceptors (Lipinski definition) is 3. The van der Waals surface area contributed by atoms with Gasteiger partial charge in [0.05, 0.1) is 10.7 Å². The largest absolute Gasteiger partial charge is 0.487 e. The zero-order valence-corrected chi connectivity index (χ0v) is 13.5.